The van der Waals surface area contributed by atoms with Gasteiger partial charge in [0.2, 0.25) is 0 Å². The van der Waals surface area contributed by atoms with Crippen molar-refractivity contribution in [2.45, 2.75) is 31.7 Å². The van der Waals surface area contributed by atoms with Gasteiger partial charge in [-0.1, -0.05) is 36.8 Å². The van der Waals surface area contributed by atoms with Crippen molar-refractivity contribution in [3.63, 3.8) is 0 Å². The van der Waals surface area contributed by atoms with Crippen LogP contribution >= 0.6 is 0 Å². The summed E-state index contributed by atoms with van der Waals surface area (Å²) in [6.45, 7) is 0.380. The van der Waals surface area contributed by atoms with Gasteiger partial charge in [0.25, 0.3) is 0 Å². The van der Waals surface area contributed by atoms with Crippen LogP contribution in [0.5, 0.6) is 0 Å². The van der Waals surface area contributed by atoms with Gasteiger partial charge in [0, 0.05) is 6.42 Å². The molecule has 0 bridgehead atoms. The molecule has 0 heterocycles. The van der Waals surface area contributed by atoms with Crippen molar-refractivity contribution in [2.75, 3.05) is 6.61 Å². The van der Waals surface area contributed by atoms with E-state index in [9.17, 15) is 4.79 Å². The third kappa shape index (κ3) is 3.30. The second-order valence-electron chi connectivity index (χ2n) is 4.57. The van der Waals surface area contributed by atoms with Crippen LogP contribution in [0.25, 0.3) is 0 Å². The summed E-state index contributed by atoms with van der Waals surface area (Å²) in [4.78, 5) is 11.6. The lowest BCUT2D eigenvalue weighted by Gasteiger charge is -2.28. The molecule has 0 aromatic heterocycles. The molecule has 0 saturated heterocycles. The Morgan fingerprint density at radius 3 is 2.65 bits per heavy atom. The predicted octanol–water partition coefficient (Wildman–Crippen LogP) is 2.22. The van der Waals surface area contributed by atoms with E-state index in [0.29, 0.717) is 6.61 Å². The summed E-state index contributed by atoms with van der Waals surface area (Å²) < 4.78 is 5.14. The van der Waals surface area contributed by atoms with Gasteiger partial charge >= 0.3 is 5.97 Å². The van der Waals surface area contributed by atoms with Gasteiger partial charge in [-0.25, -0.2) is 5.73 Å². The third-order valence-electron chi connectivity index (χ3n) is 3.35. The number of hydrogen-bond acceptors (Lipinski definition) is 2. The molecule has 0 amide bonds. The van der Waals surface area contributed by atoms with E-state index in [1.54, 1.807) is 0 Å². The summed E-state index contributed by atoms with van der Waals surface area (Å²) in [5.41, 5.74) is 8.90. The van der Waals surface area contributed by atoms with Crippen LogP contribution in [0.4, 0.5) is 0 Å². The molecule has 3 nitrogen and oxygen atoms in total. The highest BCUT2D eigenvalue weighted by molar-refractivity contribution is 5.75. The maximum Gasteiger partial charge on any atom is 0.324 e. The fourth-order valence-electron chi connectivity index (χ4n) is 1.97. The first-order valence-electron chi connectivity index (χ1n) is 6.19. The maximum absolute atomic E-state index is 11.6. The molecular weight excluding hydrogens is 214 g/mol. The Bertz CT molecular complexity index is 360. The van der Waals surface area contributed by atoms with Gasteiger partial charge in [-0.3, -0.25) is 4.79 Å². The smallest absolute Gasteiger partial charge is 0.324 e. The number of esters is 1. The van der Waals surface area contributed by atoms with E-state index in [1.807, 2.05) is 30.3 Å². The zero-order chi connectivity index (χ0) is 12.1. The molecule has 1 unspecified atom stereocenters. The molecule has 1 radical (unpaired) electrons. The number of nitrogens with one attached hydrogen (secondary N) is 1. The van der Waals surface area contributed by atoms with Gasteiger partial charge in [0.15, 0.2) is 0 Å². The highest BCUT2D eigenvalue weighted by Gasteiger charge is 2.31. The van der Waals surface area contributed by atoms with E-state index in [2.05, 4.69) is 0 Å². The second-order valence-corrected chi connectivity index (χ2v) is 4.57. The second kappa shape index (κ2) is 5.82. The monoisotopic (exact) mass is 232 g/mol. The minimum atomic E-state index is -0.667. The standard InChI is InChI=1S/C14H18NO2/c15-13(12-7-4-8-12)14(16)17-10-9-11-5-2-1-3-6-11/h1-3,5-6,12-13,15H,4,7-10H2. The average Bonchev–Trinajstić information content (AvgIpc) is 2.28. The summed E-state index contributed by atoms with van der Waals surface area (Å²) in [5.74, 6) is -0.121. The quantitative estimate of drug-likeness (QED) is 0.731. The SMILES string of the molecule is [NH]C(C(=O)OCCc1ccccc1)C1CCC1. The largest absolute Gasteiger partial charge is 0.464 e. The van der Waals surface area contributed by atoms with Gasteiger partial charge in [-0.05, 0) is 24.3 Å². The van der Waals surface area contributed by atoms with E-state index in [4.69, 9.17) is 10.5 Å². The van der Waals surface area contributed by atoms with Gasteiger partial charge < -0.3 is 4.74 Å². The summed E-state index contributed by atoms with van der Waals surface area (Å²) in [5, 5.41) is 0. The highest BCUT2D eigenvalue weighted by Crippen LogP contribution is 2.29. The van der Waals surface area contributed by atoms with Crippen LogP contribution in [0.3, 0.4) is 0 Å². The lowest BCUT2D eigenvalue weighted by atomic mass is 9.80. The number of rotatable bonds is 5. The molecule has 1 aromatic carbocycles. The van der Waals surface area contributed by atoms with Gasteiger partial charge in [0.1, 0.15) is 6.04 Å². The van der Waals surface area contributed by atoms with E-state index in [0.717, 1.165) is 31.2 Å². The Kier molecular flexibility index (Phi) is 4.15. The minimum Gasteiger partial charge on any atom is -0.464 e. The molecule has 3 heteroatoms. The van der Waals surface area contributed by atoms with Crippen molar-refractivity contribution in [1.82, 2.24) is 5.73 Å². The van der Waals surface area contributed by atoms with Crippen LogP contribution < -0.4 is 5.73 Å². The Morgan fingerprint density at radius 1 is 1.35 bits per heavy atom. The number of benzene rings is 1. The van der Waals surface area contributed by atoms with Gasteiger partial charge in [0.05, 0.1) is 6.61 Å². The van der Waals surface area contributed by atoms with Crippen LogP contribution in [0.15, 0.2) is 30.3 Å². The zero-order valence-corrected chi connectivity index (χ0v) is 9.89. The normalized spacial score (nSPS) is 17.2. The summed E-state index contributed by atoms with van der Waals surface area (Å²) in [7, 11) is 0. The van der Waals surface area contributed by atoms with E-state index in [1.165, 1.54) is 0 Å². The van der Waals surface area contributed by atoms with Crippen molar-refractivity contribution in [1.29, 1.82) is 0 Å². The molecule has 0 spiro atoms. The van der Waals surface area contributed by atoms with Crippen molar-refractivity contribution in [3.05, 3.63) is 35.9 Å². The molecule has 1 N–H and O–H groups in total. The van der Waals surface area contributed by atoms with Crippen molar-refractivity contribution in [3.8, 4) is 0 Å². The minimum absolute atomic E-state index is 0.235. The van der Waals surface area contributed by atoms with Gasteiger partial charge in [-0.15, -0.1) is 0 Å². The van der Waals surface area contributed by atoms with Crippen LogP contribution in [0, 0.1) is 5.92 Å². The number of carbonyl (C=O) groups is 1. The van der Waals surface area contributed by atoms with Crippen molar-refractivity contribution < 1.29 is 9.53 Å². The molecule has 1 aromatic rings. The predicted molar refractivity (Wildman–Crippen MR) is 65.3 cm³/mol. The van der Waals surface area contributed by atoms with Crippen molar-refractivity contribution >= 4 is 5.97 Å². The highest BCUT2D eigenvalue weighted by atomic mass is 16.5. The van der Waals surface area contributed by atoms with E-state index in [-0.39, 0.29) is 11.9 Å². The fourth-order valence-corrected chi connectivity index (χ4v) is 1.97. The first-order valence-corrected chi connectivity index (χ1v) is 6.19. The average molecular weight is 232 g/mol. The van der Waals surface area contributed by atoms with Crippen LogP contribution in [-0.4, -0.2) is 18.6 Å². The Labute approximate surface area is 102 Å². The van der Waals surface area contributed by atoms with E-state index >= 15 is 0 Å². The third-order valence-corrected chi connectivity index (χ3v) is 3.35. The summed E-state index contributed by atoms with van der Waals surface area (Å²) in [6.07, 6.45) is 3.88. The van der Waals surface area contributed by atoms with Crippen LogP contribution in [0.2, 0.25) is 0 Å². The molecule has 1 saturated carbocycles. The topological polar surface area (TPSA) is 50.1 Å². The molecule has 2 rings (SSSR count). The number of carbonyl (C=O) groups excluding carboxylic acids is 1. The van der Waals surface area contributed by atoms with Crippen LogP contribution in [0.1, 0.15) is 24.8 Å². The Hall–Kier alpha value is -1.35. The van der Waals surface area contributed by atoms with Gasteiger partial charge in [-0.2, -0.15) is 0 Å². The molecule has 1 fully saturated rings. The maximum atomic E-state index is 11.6. The lowest BCUT2D eigenvalue weighted by molar-refractivity contribution is -0.147. The Morgan fingerprint density at radius 2 is 2.06 bits per heavy atom. The summed E-state index contributed by atoms with van der Waals surface area (Å²) >= 11 is 0. The molecule has 91 valence electrons. The summed E-state index contributed by atoms with van der Waals surface area (Å²) in [6, 6.07) is 9.26. The first-order chi connectivity index (χ1) is 8.27. The molecule has 17 heavy (non-hydrogen) atoms. The molecule has 1 atom stereocenters. The number of hydrogen-bond donors (Lipinski definition) is 0. The Balaban J connectivity index is 1.69. The lowest BCUT2D eigenvalue weighted by Crippen LogP contribution is -2.36. The first kappa shape index (κ1) is 12.1. The zero-order valence-electron chi connectivity index (χ0n) is 9.89. The molecular formula is C14H18NO2. The molecule has 1 aliphatic carbocycles. The van der Waals surface area contributed by atoms with Crippen LogP contribution in [-0.2, 0) is 16.0 Å². The number of ether oxygens (including phenoxy) is 1. The van der Waals surface area contributed by atoms with Crippen molar-refractivity contribution in [2.24, 2.45) is 5.92 Å². The molecule has 0 aliphatic heterocycles. The molecule has 1 aliphatic rings. The fraction of sp³-hybridized carbons (Fsp3) is 0.500. The van der Waals surface area contributed by atoms with E-state index < -0.39 is 6.04 Å².